The number of alkyl halides is 1. The summed E-state index contributed by atoms with van der Waals surface area (Å²) in [7, 11) is 0. The molecule has 1 rings (SSSR count). The van der Waals surface area contributed by atoms with Crippen molar-refractivity contribution in [2.24, 2.45) is 0 Å². The van der Waals surface area contributed by atoms with Gasteiger partial charge in [-0.05, 0) is 38.5 Å². The van der Waals surface area contributed by atoms with Gasteiger partial charge in [-0.1, -0.05) is 28.1 Å². The van der Waals surface area contributed by atoms with Crippen LogP contribution in [0.25, 0.3) is 0 Å². The third-order valence-corrected chi connectivity index (χ3v) is 2.60. The Morgan fingerprint density at radius 1 is 1.50 bits per heavy atom. The molecule has 16 heavy (non-hydrogen) atoms. The molecule has 1 aromatic rings. The minimum absolute atomic E-state index is 0.121. The second-order valence-corrected chi connectivity index (χ2v) is 6.21. The maximum Gasteiger partial charge on any atom is 0.236 e. The Kier molecular flexibility index (Phi) is 4.08. The van der Waals surface area contributed by atoms with Crippen molar-refractivity contribution >= 4 is 21.8 Å². The topological polar surface area (TPSA) is 29.1 Å². The molecular weight excluding hydrogens is 273 g/mol. The molecule has 0 saturated heterocycles. The number of carbonyl (C=O) groups is 1. The highest BCUT2D eigenvalue weighted by molar-refractivity contribution is 9.10. The van der Waals surface area contributed by atoms with Crippen molar-refractivity contribution in [2.45, 2.75) is 31.1 Å². The maximum atomic E-state index is 13.0. The summed E-state index contributed by atoms with van der Waals surface area (Å²) in [6.45, 7) is 5.35. The van der Waals surface area contributed by atoms with E-state index in [2.05, 4.69) is 21.2 Å². The molecule has 88 valence electrons. The first-order valence-corrected chi connectivity index (χ1v) is 5.85. The number of halogens is 2. The average Bonchev–Trinajstić information content (AvgIpc) is 2.16. The van der Waals surface area contributed by atoms with Crippen molar-refractivity contribution in [3.05, 3.63) is 35.6 Å². The van der Waals surface area contributed by atoms with E-state index in [1.165, 1.54) is 12.1 Å². The lowest BCUT2D eigenvalue weighted by Gasteiger charge is -2.20. The van der Waals surface area contributed by atoms with Gasteiger partial charge in [-0.3, -0.25) is 4.79 Å². The van der Waals surface area contributed by atoms with Gasteiger partial charge in [0.05, 0.1) is 10.4 Å². The number of hydrogen-bond donors (Lipinski definition) is 1. The van der Waals surface area contributed by atoms with Crippen LogP contribution in [0.2, 0.25) is 0 Å². The number of carbonyl (C=O) groups excluding carboxylic acids is 1. The molecule has 0 aromatic heterocycles. The molecule has 0 aliphatic heterocycles. The van der Waals surface area contributed by atoms with Crippen LogP contribution in [-0.2, 0) is 4.79 Å². The molecule has 0 aliphatic rings. The van der Waals surface area contributed by atoms with Gasteiger partial charge in [0.15, 0.2) is 0 Å². The maximum absolute atomic E-state index is 13.0. The number of hydrogen-bond acceptors (Lipinski definition) is 1. The molecule has 1 atom stereocenters. The lowest BCUT2D eigenvalue weighted by Crippen LogP contribution is -2.38. The van der Waals surface area contributed by atoms with E-state index in [1.54, 1.807) is 26.0 Å². The highest BCUT2D eigenvalue weighted by Crippen LogP contribution is 2.19. The molecule has 0 spiro atoms. The first kappa shape index (κ1) is 13.2. The first-order chi connectivity index (χ1) is 7.30. The molecule has 1 N–H and O–H groups in total. The number of nitrogens with one attached hydrogen (secondary N) is 1. The van der Waals surface area contributed by atoms with Gasteiger partial charge in [0.25, 0.3) is 0 Å². The van der Waals surface area contributed by atoms with E-state index >= 15 is 0 Å². The van der Waals surface area contributed by atoms with Gasteiger partial charge in [-0.25, -0.2) is 4.39 Å². The van der Waals surface area contributed by atoms with Crippen LogP contribution in [0.4, 0.5) is 4.39 Å². The summed E-state index contributed by atoms with van der Waals surface area (Å²) in [5.41, 5.74) is 0.755. The highest BCUT2D eigenvalue weighted by Gasteiger charge is 2.25. The molecule has 0 heterocycles. The molecule has 2 nitrogen and oxygen atoms in total. The van der Waals surface area contributed by atoms with Crippen LogP contribution in [0.15, 0.2) is 24.3 Å². The van der Waals surface area contributed by atoms with Crippen LogP contribution in [0, 0.1) is 5.82 Å². The fraction of sp³-hybridized carbons (Fsp3) is 0.417. The van der Waals surface area contributed by atoms with Crippen molar-refractivity contribution < 1.29 is 9.18 Å². The predicted octanol–water partition coefficient (Wildman–Crippen LogP) is 3.18. The first-order valence-electron chi connectivity index (χ1n) is 5.06. The van der Waals surface area contributed by atoms with Crippen LogP contribution in [0.1, 0.15) is 32.4 Å². The minimum Gasteiger partial charge on any atom is -0.348 e. The van der Waals surface area contributed by atoms with Crippen molar-refractivity contribution in [2.75, 3.05) is 0 Å². The minimum atomic E-state index is -0.616. The summed E-state index contributed by atoms with van der Waals surface area (Å²) >= 11 is 3.27. The van der Waals surface area contributed by atoms with E-state index in [4.69, 9.17) is 0 Å². The zero-order valence-electron chi connectivity index (χ0n) is 9.55. The smallest absolute Gasteiger partial charge is 0.236 e. The largest absolute Gasteiger partial charge is 0.348 e. The number of rotatable bonds is 3. The second kappa shape index (κ2) is 4.95. The molecule has 0 radical (unpaired) electrons. The Morgan fingerprint density at radius 2 is 2.12 bits per heavy atom. The molecule has 0 bridgehead atoms. The average molecular weight is 288 g/mol. The Morgan fingerprint density at radius 3 is 2.62 bits per heavy atom. The van der Waals surface area contributed by atoms with Crippen LogP contribution in [-0.4, -0.2) is 10.2 Å². The third-order valence-electron chi connectivity index (χ3n) is 2.24. The van der Waals surface area contributed by atoms with Crippen LogP contribution >= 0.6 is 15.9 Å². The lowest BCUT2D eigenvalue weighted by molar-refractivity contribution is -0.123. The van der Waals surface area contributed by atoms with Gasteiger partial charge in [-0.15, -0.1) is 0 Å². The third kappa shape index (κ3) is 3.59. The second-order valence-electron chi connectivity index (χ2n) is 4.22. The lowest BCUT2D eigenvalue weighted by atomic mass is 10.1. The quantitative estimate of drug-likeness (QED) is 0.850. The van der Waals surface area contributed by atoms with Crippen LogP contribution in [0.5, 0.6) is 0 Å². The molecule has 0 aliphatic carbocycles. The van der Waals surface area contributed by atoms with Gasteiger partial charge in [0, 0.05) is 0 Å². The molecule has 0 saturated carbocycles. The Balaban J connectivity index is 2.73. The molecule has 0 fully saturated rings. The Bertz CT molecular complexity index is 387. The SMILES string of the molecule is C[C@H](NC(=O)C(C)(C)Br)c1cccc(F)c1. The van der Waals surface area contributed by atoms with E-state index in [9.17, 15) is 9.18 Å². The van der Waals surface area contributed by atoms with E-state index in [1.807, 2.05) is 6.92 Å². The van der Waals surface area contributed by atoms with Crippen molar-refractivity contribution in [3.63, 3.8) is 0 Å². The fourth-order valence-electron chi connectivity index (χ4n) is 1.23. The summed E-state index contributed by atoms with van der Waals surface area (Å²) in [6.07, 6.45) is 0. The van der Waals surface area contributed by atoms with Gasteiger partial charge in [0.1, 0.15) is 5.82 Å². The van der Waals surface area contributed by atoms with E-state index < -0.39 is 4.32 Å². The zero-order valence-corrected chi connectivity index (χ0v) is 11.1. The van der Waals surface area contributed by atoms with E-state index in [0.29, 0.717) is 0 Å². The Hall–Kier alpha value is -0.900. The van der Waals surface area contributed by atoms with Crippen molar-refractivity contribution in [1.29, 1.82) is 0 Å². The molecular formula is C12H15BrFNO. The number of benzene rings is 1. The molecule has 4 heteroatoms. The summed E-state index contributed by atoms with van der Waals surface area (Å²) in [5, 5.41) is 2.81. The standard InChI is InChI=1S/C12H15BrFNO/c1-8(15-11(16)12(2,3)13)9-5-4-6-10(14)7-9/h4-8H,1-3H3,(H,15,16)/t8-/m0/s1. The normalized spacial score (nSPS) is 13.3. The summed E-state index contributed by atoms with van der Waals surface area (Å²) in [5.74, 6) is -0.416. The number of amides is 1. The zero-order chi connectivity index (χ0) is 12.3. The van der Waals surface area contributed by atoms with Crippen LogP contribution < -0.4 is 5.32 Å². The predicted molar refractivity (Wildman–Crippen MR) is 66.0 cm³/mol. The van der Waals surface area contributed by atoms with Crippen molar-refractivity contribution in [3.8, 4) is 0 Å². The van der Waals surface area contributed by atoms with Crippen molar-refractivity contribution in [1.82, 2.24) is 5.32 Å². The molecule has 0 unspecified atom stereocenters. The monoisotopic (exact) mass is 287 g/mol. The van der Waals surface area contributed by atoms with Gasteiger partial charge < -0.3 is 5.32 Å². The van der Waals surface area contributed by atoms with Gasteiger partial charge >= 0.3 is 0 Å². The van der Waals surface area contributed by atoms with Crippen LogP contribution in [0.3, 0.4) is 0 Å². The summed E-state index contributed by atoms with van der Waals surface area (Å²) in [6, 6.07) is 6.01. The van der Waals surface area contributed by atoms with Gasteiger partial charge in [-0.2, -0.15) is 0 Å². The molecule has 1 aromatic carbocycles. The van der Waals surface area contributed by atoms with Gasteiger partial charge in [0.2, 0.25) is 5.91 Å². The highest BCUT2D eigenvalue weighted by atomic mass is 79.9. The molecule has 1 amide bonds. The van der Waals surface area contributed by atoms with E-state index in [-0.39, 0.29) is 17.8 Å². The fourth-order valence-corrected chi connectivity index (χ4v) is 1.34. The summed E-state index contributed by atoms with van der Waals surface area (Å²) in [4.78, 5) is 11.7. The Labute approximate surface area is 103 Å². The summed E-state index contributed by atoms with van der Waals surface area (Å²) < 4.78 is 12.4. The van der Waals surface area contributed by atoms with E-state index in [0.717, 1.165) is 5.56 Å².